The van der Waals surface area contributed by atoms with Gasteiger partial charge in [0.1, 0.15) is 0 Å². The van der Waals surface area contributed by atoms with Crippen LogP contribution in [0.25, 0.3) is 11.1 Å². The van der Waals surface area contributed by atoms with Crippen molar-refractivity contribution in [1.82, 2.24) is 15.6 Å². The van der Waals surface area contributed by atoms with Crippen LogP contribution in [0, 0.1) is 0 Å². The van der Waals surface area contributed by atoms with E-state index in [0.29, 0.717) is 17.6 Å². The number of rotatable bonds is 2. The molecule has 1 aromatic heterocycles. The van der Waals surface area contributed by atoms with Gasteiger partial charge >= 0.3 is 11.8 Å². The maximum Gasteiger partial charge on any atom is 0.417 e. The second-order valence-corrected chi connectivity index (χ2v) is 3.28. The van der Waals surface area contributed by atoms with Crippen molar-refractivity contribution in [3.8, 4) is 0 Å². The molecular formula is C10H11N3O3. The zero-order valence-corrected chi connectivity index (χ0v) is 8.66. The third-order valence-electron chi connectivity index (χ3n) is 2.17. The van der Waals surface area contributed by atoms with E-state index in [1.54, 1.807) is 19.2 Å². The third kappa shape index (κ3) is 2.05. The van der Waals surface area contributed by atoms with E-state index in [0.717, 1.165) is 5.56 Å². The van der Waals surface area contributed by atoms with Crippen molar-refractivity contribution in [1.29, 1.82) is 0 Å². The molecule has 0 saturated carbocycles. The van der Waals surface area contributed by atoms with Crippen molar-refractivity contribution in [2.45, 2.75) is 6.54 Å². The maximum absolute atomic E-state index is 11.0. The first-order chi connectivity index (χ1) is 7.69. The van der Waals surface area contributed by atoms with E-state index in [9.17, 15) is 9.59 Å². The van der Waals surface area contributed by atoms with E-state index < -0.39 is 5.76 Å². The Hall–Kier alpha value is -2.24. The Bertz CT molecular complexity index is 570. The molecule has 0 saturated heterocycles. The van der Waals surface area contributed by atoms with Crippen molar-refractivity contribution in [3.05, 3.63) is 34.3 Å². The van der Waals surface area contributed by atoms with Crippen molar-refractivity contribution < 1.29 is 9.21 Å². The van der Waals surface area contributed by atoms with Crippen molar-refractivity contribution in [3.63, 3.8) is 0 Å². The Morgan fingerprint density at radius 1 is 1.50 bits per heavy atom. The van der Waals surface area contributed by atoms with Gasteiger partial charge in [0.25, 0.3) is 0 Å². The SMILES string of the molecule is CNC(=O)NCc1ccc2[nH]c(=O)oc2c1. The van der Waals surface area contributed by atoms with E-state index in [1.165, 1.54) is 0 Å². The Balaban J connectivity index is 2.19. The molecule has 0 bridgehead atoms. The van der Waals surface area contributed by atoms with E-state index in [-0.39, 0.29) is 6.03 Å². The minimum Gasteiger partial charge on any atom is -0.408 e. The summed E-state index contributed by atoms with van der Waals surface area (Å²) in [4.78, 5) is 24.4. The van der Waals surface area contributed by atoms with E-state index >= 15 is 0 Å². The number of H-pyrrole nitrogens is 1. The normalized spacial score (nSPS) is 10.3. The summed E-state index contributed by atoms with van der Waals surface area (Å²) in [6.45, 7) is 0.379. The number of fused-ring (bicyclic) bond motifs is 1. The zero-order chi connectivity index (χ0) is 11.5. The highest BCUT2D eigenvalue weighted by molar-refractivity contribution is 5.74. The topological polar surface area (TPSA) is 87.1 Å². The fourth-order valence-corrected chi connectivity index (χ4v) is 1.37. The van der Waals surface area contributed by atoms with Gasteiger partial charge in [-0.05, 0) is 17.7 Å². The minimum absolute atomic E-state index is 0.254. The smallest absolute Gasteiger partial charge is 0.408 e. The number of hydrogen-bond donors (Lipinski definition) is 3. The van der Waals surface area contributed by atoms with Crippen molar-refractivity contribution in [2.75, 3.05) is 7.05 Å². The Kier molecular flexibility index (Phi) is 2.63. The van der Waals surface area contributed by atoms with E-state index in [1.807, 2.05) is 6.07 Å². The van der Waals surface area contributed by atoms with Crippen LogP contribution < -0.4 is 16.4 Å². The molecule has 0 aliphatic rings. The first kappa shape index (κ1) is 10.3. The number of carbonyl (C=O) groups excluding carboxylic acids is 1. The molecule has 16 heavy (non-hydrogen) atoms. The fraction of sp³-hybridized carbons (Fsp3) is 0.200. The maximum atomic E-state index is 11.0. The molecule has 0 unspecified atom stereocenters. The molecule has 0 spiro atoms. The highest BCUT2D eigenvalue weighted by Gasteiger charge is 2.03. The van der Waals surface area contributed by atoms with Gasteiger partial charge in [0.2, 0.25) is 0 Å². The third-order valence-corrected chi connectivity index (χ3v) is 2.17. The number of aromatic amines is 1. The molecule has 1 aromatic carbocycles. The zero-order valence-electron chi connectivity index (χ0n) is 8.66. The average molecular weight is 221 g/mol. The lowest BCUT2D eigenvalue weighted by Gasteiger charge is -2.03. The molecule has 1 heterocycles. The number of benzene rings is 1. The van der Waals surface area contributed by atoms with Gasteiger partial charge in [0, 0.05) is 13.6 Å². The van der Waals surface area contributed by atoms with Crippen LogP contribution in [0.4, 0.5) is 4.79 Å². The van der Waals surface area contributed by atoms with Gasteiger partial charge < -0.3 is 15.1 Å². The first-order valence-electron chi connectivity index (χ1n) is 4.76. The molecule has 84 valence electrons. The van der Waals surface area contributed by atoms with Crippen molar-refractivity contribution >= 4 is 17.1 Å². The molecule has 2 amide bonds. The van der Waals surface area contributed by atoms with Crippen LogP contribution in [-0.4, -0.2) is 18.1 Å². The van der Waals surface area contributed by atoms with E-state index in [2.05, 4.69) is 15.6 Å². The fourth-order valence-electron chi connectivity index (χ4n) is 1.37. The van der Waals surface area contributed by atoms with Gasteiger partial charge in [-0.15, -0.1) is 0 Å². The highest BCUT2D eigenvalue weighted by Crippen LogP contribution is 2.11. The van der Waals surface area contributed by atoms with Crippen LogP contribution in [0.2, 0.25) is 0 Å². The molecule has 0 fully saturated rings. The summed E-state index contributed by atoms with van der Waals surface area (Å²) in [5.41, 5.74) is 1.99. The minimum atomic E-state index is -0.480. The molecule has 6 nitrogen and oxygen atoms in total. The van der Waals surface area contributed by atoms with Gasteiger partial charge in [-0.2, -0.15) is 0 Å². The molecule has 3 N–H and O–H groups in total. The number of amides is 2. The Morgan fingerprint density at radius 2 is 2.31 bits per heavy atom. The van der Waals surface area contributed by atoms with Gasteiger partial charge in [-0.25, -0.2) is 9.59 Å². The predicted molar refractivity (Wildman–Crippen MR) is 58.1 cm³/mol. The second kappa shape index (κ2) is 4.09. The number of nitrogens with one attached hydrogen (secondary N) is 3. The van der Waals surface area contributed by atoms with Gasteiger partial charge in [0.15, 0.2) is 5.58 Å². The Labute approximate surface area is 90.6 Å². The summed E-state index contributed by atoms with van der Waals surface area (Å²) < 4.78 is 4.90. The average Bonchev–Trinajstić information content (AvgIpc) is 2.65. The van der Waals surface area contributed by atoms with Gasteiger partial charge in [0.05, 0.1) is 5.52 Å². The molecular weight excluding hydrogens is 210 g/mol. The molecule has 6 heteroatoms. The molecule has 0 atom stereocenters. The molecule has 0 aliphatic heterocycles. The summed E-state index contributed by atoms with van der Waals surface area (Å²) in [5, 5.41) is 5.09. The van der Waals surface area contributed by atoms with E-state index in [4.69, 9.17) is 4.42 Å². The van der Waals surface area contributed by atoms with Crippen LogP contribution >= 0.6 is 0 Å². The standard InChI is InChI=1S/C10H11N3O3/c1-11-9(14)12-5-6-2-3-7-8(4-6)16-10(15)13-7/h2-4H,5H2,1H3,(H,13,15)(H2,11,12,14). The Morgan fingerprint density at radius 3 is 3.06 bits per heavy atom. The number of urea groups is 1. The summed E-state index contributed by atoms with van der Waals surface area (Å²) >= 11 is 0. The van der Waals surface area contributed by atoms with Crippen LogP contribution in [0.1, 0.15) is 5.56 Å². The lowest BCUT2D eigenvalue weighted by atomic mass is 10.2. The first-order valence-corrected chi connectivity index (χ1v) is 4.76. The number of carbonyl (C=O) groups is 1. The lowest BCUT2D eigenvalue weighted by Crippen LogP contribution is -2.32. The van der Waals surface area contributed by atoms with Gasteiger partial charge in [-0.3, -0.25) is 4.98 Å². The monoisotopic (exact) mass is 221 g/mol. The van der Waals surface area contributed by atoms with Crippen LogP contribution in [0.15, 0.2) is 27.4 Å². The summed E-state index contributed by atoms with van der Waals surface area (Å²) in [5.74, 6) is -0.480. The summed E-state index contributed by atoms with van der Waals surface area (Å²) in [7, 11) is 1.55. The molecule has 0 radical (unpaired) electrons. The number of aromatic nitrogens is 1. The highest BCUT2D eigenvalue weighted by atomic mass is 16.4. The molecule has 0 aliphatic carbocycles. The van der Waals surface area contributed by atoms with Gasteiger partial charge in [-0.1, -0.05) is 6.07 Å². The quantitative estimate of drug-likeness (QED) is 0.692. The van der Waals surface area contributed by atoms with Crippen molar-refractivity contribution in [2.24, 2.45) is 0 Å². The largest absolute Gasteiger partial charge is 0.417 e. The predicted octanol–water partition coefficient (Wildman–Crippen LogP) is 0.550. The second-order valence-electron chi connectivity index (χ2n) is 3.28. The van der Waals surface area contributed by atoms with Crippen LogP contribution in [0.5, 0.6) is 0 Å². The van der Waals surface area contributed by atoms with Crippen LogP contribution in [0.3, 0.4) is 0 Å². The number of oxazole rings is 1. The summed E-state index contributed by atoms with van der Waals surface area (Å²) in [6, 6.07) is 5.00. The lowest BCUT2D eigenvalue weighted by molar-refractivity contribution is 0.242. The van der Waals surface area contributed by atoms with Crippen LogP contribution in [-0.2, 0) is 6.54 Å². The number of hydrogen-bond acceptors (Lipinski definition) is 3. The molecule has 2 rings (SSSR count). The molecule has 2 aromatic rings. The summed E-state index contributed by atoms with van der Waals surface area (Å²) in [6.07, 6.45) is 0.